The number of hydrogen-bond acceptors (Lipinski definition) is 5. The molecule has 1 N–H and O–H groups in total. The smallest absolute Gasteiger partial charge is 0.331 e. The first kappa shape index (κ1) is 16.4. The minimum absolute atomic E-state index is 0.348. The third-order valence-electron chi connectivity index (χ3n) is 2.64. The van der Waals surface area contributed by atoms with Gasteiger partial charge in [-0.2, -0.15) is 5.26 Å². The van der Waals surface area contributed by atoms with Gasteiger partial charge in [-0.25, -0.2) is 9.18 Å². The number of thiophene rings is 1. The summed E-state index contributed by atoms with van der Waals surface area (Å²) in [5, 5.41) is 13.4. The molecule has 1 heterocycles. The van der Waals surface area contributed by atoms with Crippen LogP contribution in [0.2, 0.25) is 0 Å². The molecular formula is C16H11FN2O3S. The molecule has 2 rings (SSSR count). The van der Waals surface area contributed by atoms with Crippen LogP contribution in [0, 0.1) is 17.1 Å². The van der Waals surface area contributed by atoms with Gasteiger partial charge in [0.2, 0.25) is 0 Å². The van der Waals surface area contributed by atoms with Crippen molar-refractivity contribution < 1.29 is 18.7 Å². The Bertz CT molecular complexity index is 793. The van der Waals surface area contributed by atoms with Crippen molar-refractivity contribution >= 4 is 34.3 Å². The topological polar surface area (TPSA) is 79.2 Å². The molecular weight excluding hydrogens is 319 g/mol. The van der Waals surface area contributed by atoms with Crippen molar-refractivity contribution in [2.45, 2.75) is 0 Å². The van der Waals surface area contributed by atoms with E-state index in [0.29, 0.717) is 16.1 Å². The Morgan fingerprint density at radius 3 is 2.96 bits per heavy atom. The molecule has 0 bridgehead atoms. The number of rotatable bonds is 5. The zero-order valence-electron chi connectivity index (χ0n) is 11.8. The summed E-state index contributed by atoms with van der Waals surface area (Å²) in [7, 11) is 0. The molecule has 5 nitrogen and oxygen atoms in total. The van der Waals surface area contributed by atoms with E-state index >= 15 is 0 Å². The van der Waals surface area contributed by atoms with E-state index in [4.69, 9.17) is 10.00 Å². The van der Waals surface area contributed by atoms with Crippen LogP contribution in [-0.2, 0) is 14.3 Å². The summed E-state index contributed by atoms with van der Waals surface area (Å²) in [4.78, 5) is 23.1. The Morgan fingerprint density at radius 2 is 2.22 bits per heavy atom. The lowest BCUT2D eigenvalue weighted by atomic mass is 10.2. The maximum absolute atomic E-state index is 13.0. The molecule has 116 valence electrons. The van der Waals surface area contributed by atoms with E-state index in [1.54, 1.807) is 17.5 Å². The van der Waals surface area contributed by atoms with Gasteiger partial charge in [-0.15, -0.1) is 11.3 Å². The predicted octanol–water partition coefficient (Wildman–Crippen LogP) is 2.95. The Balaban J connectivity index is 1.82. The van der Waals surface area contributed by atoms with Gasteiger partial charge in [0.15, 0.2) is 6.61 Å². The Labute approximate surface area is 135 Å². The second-order valence-corrected chi connectivity index (χ2v) is 5.24. The largest absolute Gasteiger partial charge is 0.452 e. The summed E-state index contributed by atoms with van der Waals surface area (Å²) in [6.07, 6.45) is 2.49. The van der Waals surface area contributed by atoms with Crippen LogP contribution in [0.25, 0.3) is 6.08 Å². The molecule has 1 aromatic carbocycles. The molecule has 1 aromatic heterocycles. The number of nitriles is 1. The van der Waals surface area contributed by atoms with Crippen LogP contribution in [0.4, 0.5) is 9.39 Å². The SMILES string of the molecule is N#Cc1ccsc1NC(=O)COC(=O)/C=C/c1cccc(F)c1. The van der Waals surface area contributed by atoms with Crippen molar-refractivity contribution in [1.29, 1.82) is 5.26 Å². The number of carbonyl (C=O) groups excluding carboxylic acids is 2. The molecule has 2 aromatic rings. The second-order valence-electron chi connectivity index (χ2n) is 4.32. The maximum atomic E-state index is 13.0. The average molecular weight is 330 g/mol. The van der Waals surface area contributed by atoms with Gasteiger partial charge in [-0.1, -0.05) is 12.1 Å². The van der Waals surface area contributed by atoms with Crippen LogP contribution >= 0.6 is 11.3 Å². The van der Waals surface area contributed by atoms with E-state index < -0.39 is 24.3 Å². The molecule has 0 unspecified atom stereocenters. The van der Waals surface area contributed by atoms with Crippen LogP contribution in [-0.4, -0.2) is 18.5 Å². The number of esters is 1. The zero-order chi connectivity index (χ0) is 16.7. The highest BCUT2D eigenvalue weighted by Gasteiger charge is 2.09. The van der Waals surface area contributed by atoms with Crippen molar-refractivity contribution in [1.82, 2.24) is 0 Å². The lowest BCUT2D eigenvalue weighted by Crippen LogP contribution is -2.19. The molecule has 1 amide bonds. The molecule has 0 aliphatic rings. The highest BCUT2D eigenvalue weighted by atomic mass is 32.1. The number of ether oxygens (including phenoxy) is 1. The van der Waals surface area contributed by atoms with Crippen LogP contribution in [0.15, 0.2) is 41.8 Å². The summed E-state index contributed by atoms with van der Waals surface area (Å²) in [5.41, 5.74) is 0.851. The van der Waals surface area contributed by atoms with Crippen molar-refractivity contribution in [3.05, 3.63) is 58.7 Å². The molecule has 0 aliphatic heterocycles. The average Bonchev–Trinajstić information content (AvgIpc) is 2.98. The zero-order valence-corrected chi connectivity index (χ0v) is 12.6. The highest BCUT2D eigenvalue weighted by Crippen LogP contribution is 2.21. The fourth-order valence-corrected chi connectivity index (χ4v) is 2.37. The number of anilines is 1. The molecule has 0 saturated carbocycles. The first-order valence-corrected chi connectivity index (χ1v) is 7.34. The van der Waals surface area contributed by atoms with Gasteiger partial charge in [0.05, 0.1) is 5.56 Å². The van der Waals surface area contributed by atoms with Gasteiger partial charge in [0, 0.05) is 6.08 Å². The standard InChI is InChI=1S/C16H11FN2O3S/c17-13-3-1-2-11(8-13)4-5-15(21)22-10-14(20)19-16-12(9-18)6-7-23-16/h1-8H,10H2,(H,19,20)/b5-4+. The number of nitrogens with zero attached hydrogens (tertiary/aromatic N) is 1. The fourth-order valence-electron chi connectivity index (χ4n) is 1.62. The monoisotopic (exact) mass is 330 g/mol. The first-order valence-electron chi connectivity index (χ1n) is 6.46. The second kappa shape index (κ2) is 7.87. The molecule has 0 aliphatic carbocycles. The number of halogens is 1. The highest BCUT2D eigenvalue weighted by molar-refractivity contribution is 7.14. The quantitative estimate of drug-likeness (QED) is 0.675. The maximum Gasteiger partial charge on any atom is 0.331 e. The summed E-state index contributed by atoms with van der Waals surface area (Å²) in [5.74, 6) is -1.68. The normalized spacial score (nSPS) is 10.3. The minimum Gasteiger partial charge on any atom is -0.452 e. The van der Waals surface area contributed by atoms with Gasteiger partial charge in [0.25, 0.3) is 5.91 Å². The number of benzene rings is 1. The van der Waals surface area contributed by atoms with Gasteiger partial charge in [-0.05, 0) is 35.2 Å². The summed E-state index contributed by atoms with van der Waals surface area (Å²) in [6, 6.07) is 9.20. The Kier molecular flexibility index (Phi) is 5.61. The Hall–Kier alpha value is -2.98. The molecule has 0 fully saturated rings. The van der Waals surface area contributed by atoms with E-state index in [-0.39, 0.29) is 0 Å². The molecule has 23 heavy (non-hydrogen) atoms. The first-order chi connectivity index (χ1) is 11.1. The predicted molar refractivity (Wildman–Crippen MR) is 84.1 cm³/mol. The summed E-state index contributed by atoms with van der Waals surface area (Å²) >= 11 is 1.20. The number of nitrogens with one attached hydrogen (secondary N) is 1. The fraction of sp³-hybridized carbons (Fsp3) is 0.0625. The molecule has 0 atom stereocenters. The van der Waals surface area contributed by atoms with Crippen molar-refractivity contribution in [2.24, 2.45) is 0 Å². The van der Waals surface area contributed by atoms with Gasteiger partial charge in [0.1, 0.15) is 16.9 Å². The molecule has 0 saturated heterocycles. The molecule has 0 spiro atoms. The molecule has 0 radical (unpaired) electrons. The minimum atomic E-state index is -0.726. The van der Waals surface area contributed by atoms with E-state index in [0.717, 1.165) is 6.08 Å². The Morgan fingerprint density at radius 1 is 1.39 bits per heavy atom. The third kappa shape index (κ3) is 5.05. The van der Waals surface area contributed by atoms with Crippen LogP contribution in [0.1, 0.15) is 11.1 Å². The lowest BCUT2D eigenvalue weighted by molar-refractivity contribution is -0.142. The van der Waals surface area contributed by atoms with Crippen molar-refractivity contribution in [3.8, 4) is 6.07 Å². The van der Waals surface area contributed by atoms with Crippen LogP contribution in [0.3, 0.4) is 0 Å². The van der Waals surface area contributed by atoms with E-state index in [9.17, 15) is 14.0 Å². The van der Waals surface area contributed by atoms with E-state index in [1.807, 2.05) is 6.07 Å². The molecule has 7 heteroatoms. The number of hydrogen-bond donors (Lipinski definition) is 1. The number of carbonyl (C=O) groups is 2. The van der Waals surface area contributed by atoms with E-state index in [2.05, 4.69) is 5.32 Å². The van der Waals surface area contributed by atoms with Crippen LogP contribution in [0.5, 0.6) is 0 Å². The summed E-state index contributed by atoms with van der Waals surface area (Å²) < 4.78 is 17.7. The third-order valence-corrected chi connectivity index (χ3v) is 3.47. The van der Waals surface area contributed by atoms with Gasteiger partial charge < -0.3 is 10.1 Å². The summed E-state index contributed by atoms with van der Waals surface area (Å²) in [6.45, 7) is -0.477. The van der Waals surface area contributed by atoms with Gasteiger partial charge >= 0.3 is 5.97 Å². The lowest BCUT2D eigenvalue weighted by Gasteiger charge is -2.03. The van der Waals surface area contributed by atoms with Crippen LogP contribution < -0.4 is 5.32 Å². The van der Waals surface area contributed by atoms with Crippen molar-refractivity contribution in [2.75, 3.05) is 11.9 Å². The number of amides is 1. The van der Waals surface area contributed by atoms with Gasteiger partial charge in [-0.3, -0.25) is 4.79 Å². The van der Waals surface area contributed by atoms with E-state index in [1.165, 1.54) is 35.6 Å². The van der Waals surface area contributed by atoms with Crippen molar-refractivity contribution in [3.63, 3.8) is 0 Å².